The van der Waals surface area contributed by atoms with Crippen LogP contribution < -0.4 is 5.32 Å². The fourth-order valence-corrected chi connectivity index (χ4v) is 3.19. The largest absolute Gasteiger partial charge is 0.508 e. The molecule has 1 aromatic carbocycles. The third-order valence-corrected chi connectivity index (χ3v) is 4.11. The molecule has 0 aromatic heterocycles. The number of hydrogen-bond donors (Lipinski definition) is 2. The van der Waals surface area contributed by atoms with E-state index >= 15 is 0 Å². The molecule has 4 heteroatoms. The van der Waals surface area contributed by atoms with Crippen LogP contribution >= 0.6 is 0 Å². The van der Waals surface area contributed by atoms with Gasteiger partial charge in [-0.25, -0.2) is 4.39 Å². The third-order valence-electron chi connectivity index (χ3n) is 4.11. The molecule has 0 aliphatic carbocycles. The Morgan fingerprint density at radius 1 is 1.39 bits per heavy atom. The van der Waals surface area contributed by atoms with Crippen molar-refractivity contribution in [3.63, 3.8) is 0 Å². The van der Waals surface area contributed by atoms with Gasteiger partial charge in [-0.2, -0.15) is 0 Å². The van der Waals surface area contributed by atoms with Gasteiger partial charge in [-0.1, -0.05) is 0 Å². The van der Waals surface area contributed by atoms with Gasteiger partial charge in [0, 0.05) is 31.2 Å². The van der Waals surface area contributed by atoms with Gasteiger partial charge < -0.3 is 10.4 Å². The van der Waals surface area contributed by atoms with Gasteiger partial charge in [0.05, 0.1) is 0 Å². The Balaban J connectivity index is 1.68. The Morgan fingerprint density at radius 2 is 2.28 bits per heavy atom. The third kappa shape index (κ3) is 2.35. The number of piperidine rings is 1. The summed E-state index contributed by atoms with van der Waals surface area (Å²) in [5, 5.41) is 13.3. The Hall–Kier alpha value is -1.13. The Labute approximate surface area is 107 Å². The molecule has 2 fully saturated rings. The molecule has 2 saturated heterocycles. The molecule has 0 radical (unpaired) electrons. The van der Waals surface area contributed by atoms with Gasteiger partial charge in [0.25, 0.3) is 0 Å². The van der Waals surface area contributed by atoms with Crippen molar-refractivity contribution in [1.29, 1.82) is 0 Å². The number of aromatic hydroxyl groups is 1. The van der Waals surface area contributed by atoms with Crippen molar-refractivity contribution >= 4 is 0 Å². The first kappa shape index (κ1) is 11.9. The summed E-state index contributed by atoms with van der Waals surface area (Å²) in [6.45, 7) is 3.80. The van der Waals surface area contributed by atoms with Crippen LogP contribution in [-0.4, -0.2) is 35.7 Å². The number of fused-ring (bicyclic) bond motifs is 1. The zero-order valence-electron chi connectivity index (χ0n) is 10.4. The molecule has 98 valence electrons. The lowest BCUT2D eigenvalue weighted by Gasteiger charge is -2.24. The smallest absolute Gasteiger partial charge is 0.123 e. The van der Waals surface area contributed by atoms with E-state index in [-0.39, 0.29) is 11.6 Å². The first-order valence-electron chi connectivity index (χ1n) is 6.65. The van der Waals surface area contributed by atoms with Crippen LogP contribution in [0.15, 0.2) is 18.2 Å². The maximum atomic E-state index is 13.2. The standard InChI is InChI=1S/C14H19FN2O/c15-12-3-4-14(18)11(6-12)8-17-7-10-2-1-5-16-13(10)9-17/h3-4,6,10,13,16,18H,1-2,5,7-9H2. The lowest BCUT2D eigenvalue weighted by Crippen LogP contribution is -2.40. The van der Waals surface area contributed by atoms with Gasteiger partial charge in [-0.3, -0.25) is 4.90 Å². The van der Waals surface area contributed by atoms with Gasteiger partial charge in [0.15, 0.2) is 0 Å². The fourth-order valence-electron chi connectivity index (χ4n) is 3.19. The number of halogens is 1. The van der Waals surface area contributed by atoms with Crippen molar-refractivity contribution < 1.29 is 9.50 Å². The monoisotopic (exact) mass is 250 g/mol. The van der Waals surface area contributed by atoms with Gasteiger partial charge in [-0.15, -0.1) is 0 Å². The number of phenols is 1. The highest BCUT2D eigenvalue weighted by atomic mass is 19.1. The summed E-state index contributed by atoms with van der Waals surface area (Å²) in [6, 6.07) is 4.75. The first-order chi connectivity index (χ1) is 8.72. The predicted octanol–water partition coefficient (Wildman–Crippen LogP) is 1.72. The van der Waals surface area contributed by atoms with E-state index in [0.29, 0.717) is 18.2 Å². The SMILES string of the molecule is Oc1ccc(F)cc1CN1CC2CCCNC2C1. The molecule has 2 N–H and O–H groups in total. The van der Waals surface area contributed by atoms with E-state index < -0.39 is 0 Å². The van der Waals surface area contributed by atoms with Gasteiger partial charge in [-0.05, 0) is 43.5 Å². The molecule has 18 heavy (non-hydrogen) atoms. The number of benzene rings is 1. The van der Waals surface area contributed by atoms with Crippen molar-refractivity contribution in [2.75, 3.05) is 19.6 Å². The van der Waals surface area contributed by atoms with E-state index in [0.717, 1.165) is 25.6 Å². The molecule has 2 atom stereocenters. The second-order valence-corrected chi connectivity index (χ2v) is 5.43. The van der Waals surface area contributed by atoms with Crippen molar-refractivity contribution in [2.24, 2.45) is 5.92 Å². The molecule has 1 aromatic rings. The Morgan fingerprint density at radius 3 is 3.11 bits per heavy atom. The molecule has 0 amide bonds. The molecule has 3 rings (SSSR count). The molecule has 0 spiro atoms. The van der Waals surface area contributed by atoms with Crippen molar-refractivity contribution in [2.45, 2.75) is 25.4 Å². The summed E-state index contributed by atoms with van der Waals surface area (Å²) in [7, 11) is 0. The summed E-state index contributed by atoms with van der Waals surface area (Å²) >= 11 is 0. The topological polar surface area (TPSA) is 35.5 Å². The number of likely N-dealkylation sites (tertiary alicyclic amines) is 1. The summed E-state index contributed by atoms with van der Waals surface area (Å²) in [5.74, 6) is 0.631. The maximum Gasteiger partial charge on any atom is 0.123 e. The highest BCUT2D eigenvalue weighted by Gasteiger charge is 2.34. The Bertz CT molecular complexity index is 424. The van der Waals surface area contributed by atoms with Crippen LogP contribution in [0.25, 0.3) is 0 Å². The summed E-state index contributed by atoms with van der Waals surface area (Å²) in [5.41, 5.74) is 0.689. The average Bonchev–Trinajstić information content (AvgIpc) is 2.76. The molecule has 0 bridgehead atoms. The summed E-state index contributed by atoms with van der Waals surface area (Å²) < 4.78 is 13.2. The molecule has 2 aliphatic heterocycles. The highest BCUT2D eigenvalue weighted by molar-refractivity contribution is 5.32. The minimum atomic E-state index is -0.280. The van der Waals surface area contributed by atoms with Crippen LogP contribution in [0.5, 0.6) is 5.75 Å². The number of rotatable bonds is 2. The number of nitrogens with one attached hydrogen (secondary N) is 1. The molecule has 0 saturated carbocycles. The van der Waals surface area contributed by atoms with Crippen LogP contribution in [0.4, 0.5) is 4.39 Å². The zero-order valence-corrected chi connectivity index (χ0v) is 10.4. The van der Waals surface area contributed by atoms with E-state index in [4.69, 9.17) is 0 Å². The van der Waals surface area contributed by atoms with Crippen LogP contribution in [0.2, 0.25) is 0 Å². The predicted molar refractivity (Wildman–Crippen MR) is 67.9 cm³/mol. The summed E-state index contributed by atoms with van der Waals surface area (Å²) in [4.78, 5) is 2.31. The van der Waals surface area contributed by atoms with Gasteiger partial charge in [0.1, 0.15) is 11.6 Å². The normalized spacial score (nSPS) is 28.3. The zero-order chi connectivity index (χ0) is 12.5. The van der Waals surface area contributed by atoms with Crippen LogP contribution in [-0.2, 0) is 6.54 Å². The van der Waals surface area contributed by atoms with Crippen molar-refractivity contribution in [1.82, 2.24) is 10.2 Å². The number of nitrogens with zero attached hydrogens (tertiary/aromatic N) is 1. The number of hydrogen-bond acceptors (Lipinski definition) is 3. The molecule has 2 unspecified atom stereocenters. The lowest BCUT2D eigenvalue weighted by atomic mass is 9.94. The van der Waals surface area contributed by atoms with Crippen LogP contribution in [0.1, 0.15) is 18.4 Å². The summed E-state index contributed by atoms with van der Waals surface area (Å²) in [6.07, 6.45) is 2.53. The minimum Gasteiger partial charge on any atom is -0.508 e. The fraction of sp³-hybridized carbons (Fsp3) is 0.571. The lowest BCUT2D eigenvalue weighted by molar-refractivity contribution is 0.306. The molecule has 2 aliphatic rings. The molecule has 2 heterocycles. The van der Waals surface area contributed by atoms with E-state index in [1.165, 1.54) is 31.0 Å². The highest BCUT2D eigenvalue weighted by Crippen LogP contribution is 2.28. The van der Waals surface area contributed by atoms with Gasteiger partial charge >= 0.3 is 0 Å². The number of phenolic OH excluding ortho intramolecular Hbond substituents is 1. The van der Waals surface area contributed by atoms with Crippen LogP contribution in [0, 0.1) is 11.7 Å². The second-order valence-electron chi connectivity index (χ2n) is 5.43. The van der Waals surface area contributed by atoms with Gasteiger partial charge in [0.2, 0.25) is 0 Å². The minimum absolute atomic E-state index is 0.194. The van der Waals surface area contributed by atoms with Crippen molar-refractivity contribution in [3.8, 4) is 5.75 Å². The molecular weight excluding hydrogens is 231 g/mol. The quantitative estimate of drug-likeness (QED) is 0.839. The Kier molecular flexibility index (Phi) is 3.22. The first-order valence-corrected chi connectivity index (χ1v) is 6.65. The van der Waals surface area contributed by atoms with E-state index in [9.17, 15) is 9.50 Å². The van der Waals surface area contributed by atoms with E-state index in [1.807, 2.05) is 0 Å². The van der Waals surface area contributed by atoms with E-state index in [2.05, 4.69) is 10.2 Å². The second kappa shape index (κ2) is 4.86. The van der Waals surface area contributed by atoms with Crippen LogP contribution in [0.3, 0.4) is 0 Å². The maximum absolute atomic E-state index is 13.2. The molecular formula is C14H19FN2O. The van der Waals surface area contributed by atoms with Crippen molar-refractivity contribution in [3.05, 3.63) is 29.6 Å². The average molecular weight is 250 g/mol. The molecule has 3 nitrogen and oxygen atoms in total. The van der Waals surface area contributed by atoms with E-state index in [1.54, 1.807) is 0 Å².